The number of hydrogen-bond donors (Lipinski definition) is 0. The fourth-order valence-corrected chi connectivity index (χ4v) is 4.80. The molecule has 6 heteroatoms. The second-order valence-corrected chi connectivity index (χ2v) is 8.35. The number of benzene rings is 1. The first kappa shape index (κ1) is 17.9. The second-order valence-electron chi connectivity index (χ2n) is 7.26. The maximum atomic E-state index is 13.0. The number of halogens is 1. The number of ether oxygens (including phenoxy) is 1. The lowest BCUT2D eigenvalue weighted by atomic mass is 9.90. The van der Waals surface area contributed by atoms with Crippen molar-refractivity contribution in [2.24, 2.45) is 5.92 Å². The van der Waals surface area contributed by atoms with Crippen molar-refractivity contribution in [2.45, 2.75) is 25.8 Å². The van der Waals surface area contributed by atoms with E-state index in [-0.39, 0.29) is 5.82 Å². The maximum absolute atomic E-state index is 13.0. The van der Waals surface area contributed by atoms with E-state index in [2.05, 4.69) is 14.8 Å². The molecule has 3 heterocycles. The van der Waals surface area contributed by atoms with Crippen molar-refractivity contribution in [1.82, 2.24) is 9.88 Å². The maximum Gasteiger partial charge on any atom is 0.185 e. The summed E-state index contributed by atoms with van der Waals surface area (Å²) < 4.78 is 18.4. The van der Waals surface area contributed by atoms with Crippen LogP contribution in [0.3, 0.4) is 0 Å². The Hall–Kier alpha value is -1.50. The number of nitrogens with zero attached hydrogens (tertiary/aromatic N) is 3. The Balaban J connectivity index is 1.25. The summed E-state index contributed by atoms with van der Waals surface area (Å²) in [7, 11) is 0. The van der Waals surface area contributed by atoms with Crippen molar-refractivity contribution in [3.63, 3.8) is 0 Å². The van der Waals surface area contributed by atoms with Gasteiger partial charge in [-0.1, -0.05) is 12.1 Å². The molecule has 1 aromatic heterocycles. The SMILES string of the molecule is Fc1ccc(CC2CCN(Cc3cnc(N4CCOCC4)s3)CC2)cc1. The first-order valence-electron chi connectivity index (χ1n) is 9.50. The zero-order valence-corrected chi connectivity index (χ0v) is 15.9. The highest BCUT2D eigenvalue weighted by atomic mass is 32.1. The van der Waals surface area contributed by atoms with Crippen LogP contribution in [0, 0.1) is 11.7 Å². The van der Waals surface area contributed by atoms with Crippen molar-refractivity contribution >= 4 is 16.5 Å². The fraction of sp³-hybridized carbons (Fsp3) is 0.550. The van der Waals surface area contributed by atoms with E-state index in [1.807, 2.05) is 29.7 Å². The third-order valence-corrected chi connectivity index (χ3v) is 6.39. The number of morpholine rings is 1. The predicted octanol–water partition coefficient (Wildman–Crippen LogP) is 3.57. The van der Waals surface area contributed by atoms with Crippen LogP contribution in [0.25, 0.3) is 0 Å². The van der Waals surface area contributed by atoms with Gasteiger partial charge in [0.15, 0.2) is 5.13 Å². The number of likely N-dealkylation sites (tertiary alicyclic amines) is 1. The summed E-state index contributed by atoms with van der Waals surface area (Å²) in [6.07, 6.45) is 5.54. The minimum absolute atomic E-state index is 0.149. The molecule has 0 radical (unpaired) electrons. The van der Waals surface area contributed by atoms with E-state index >= 15 is 0 Å². The van der Waals surface area contributed by atoms with Gasteiger partial charge in [0.1, 0.15) is 5.82 Å². The largest absolute Gasteiger partial charge is 0.378 e. The first-order chi connectivity index (χ1) is 12.8. The molecule has 4 rings (SSSR count). The van der Waals surface area contributed by atoms with Crippen LogP contribution in [0.4, 0.5) is 9.52 Å². The highest BCUT2D eigenvalue weighted by Gasteiger charge is 2.21. The molecule has 2 fully saturated rings. The topological polar surface area (TPSA) is 28.6 Å². The third kappa shape index (κ3) is 4.61. The molecule has 0 N–H and O–H groups in total. The highest BCUT2D eigenvalue weighted by Crippen LogP contribution is 2.27. The quantitative estimate of drug-likeness (QED) is 0.799. The molecule has 0 atom stereocenters. The predicted molar refractivity (Wildman–Crippen MR) is 103 cm³/mol. The molecule has 4 nitrogen and oxygen atoms in total. The molecular weight excluding hydrogens is 349 g/mol. The number of piperidine rings is 1. The Morgan fingerprint density at radius 3 is 2.54 bits per heavy atom. The lowest BCUT2D eigenvalue weighted by molar-refractivity contribution is 0.122. The van der Waals surface area contributed by atoms with Crippen molar-refractivity contribution in [3.05, 3.63) is 46.7 Å². The molecule has 2 aliphatic heterocycles. The van der Waals surface area contributed by atoms with Gasteiger partial charge in [0.25, 0.3) is 0 Å². The van der Waals surface area contributed by atoms with Gasteiger partial charge in [0.05, 0.1) is 13.2 Å². The van der Waals surface area contributed by atoms with E-state index in [1.54, 1.807) is 12.1 Å². The summed E-state index contributed by atoms with van der Waals surface area (Å²) in [5, 5.41) is 1.13. The van der Waals surface area contributed by atoms with Gasteiger partial charge in [0.2, 0.25) is 0 Å². The molecule has 2 saturated heterocycles. The molecule has 0 bridgehead atoms. The van der Waals surface area contributed by atoms with Crippen molar-refractivity contribution < 1.29 is 9.13 Å². The van der Waals surface area contributed by atoms with Crippen LogP contribution >= 0.6 is 11.3 Å². The van der Waals surface area contributed by atoms with Gasteiger partial charge in [-0.15, -0.1) is 11.3 Å². The van der Waals surface area contributed by atoms with Crippen LogP contribution in [-0.4, -0.2) is 49.3 Å². The van der Waals surface area contributed by atoms with Gasteiger partial charge in [-0.3, -0.25) is 4.90 Å². The van der Waals surface area contributed by atoms with Crippen LogP contribution < -0.4 is 4.90 Å². The molecule has 26 heavy (non-hydrogen) atoms. The molecule has 2 aliphatic rings. The number of hydrogen-bond acceptors (Lipinski definition) is 5. The number of anilines is 1. The van der Waals surface area contributed by atoms with Crippen molar-refractivity contribution in [1.29, 1.82) is 0 Å². The van der Waals surface area contributed by atoms with Crippen LogP contribution in [0.15, 0.2) is 30.5 Å². The second kappa shape index (κ2) is 8.46. The van der Waals surface area contributed by atoms with Gasteiger partial charge >= 0.3 is 0 Å². The van der Waals surface area contributed by atoms with E-state index in [0.717, 1.165) is 57.5 Å². The zero-order chi connectivity index (χ0) is 17.8. The monoisotopic (exact) mass is 375 g/mol. The Kier molecular flexibility index (Phi) is 5.82. The van der Waals surface area contributed by atoms with Crippen LogP contribution in [0.5, 0.6) is 0 Å². The minimum atomic E-state index is -0.149. The number of aromatic nitrogens is 1. The summed E-state index contributed by atoms with van der Waals surface area (Å²) in [5.41, 5.74) is 1.25. The molecular formula is C20H26FN3OS. The smallest absolute Gasteiger partial charge is 0.185 e. The Morgan fingerprint density at radius 2 is 1.81 bits per heavy atom. The Morgan fingerprint density at radius 1 is 1.08 bits per heavy atom. The van der Waals surface area contributed by atoms with Crippen molar-refractivity contribution in [3.8, 4) is 0 Å². The normalized spacial score (nSPS) is 19.8. The third-order valence-electron chi connectivity index (χ3n) is 5.35. The van der Waals surface area contributed by atoms with E-state index in [4.69, 9.17) is 4.74 Å². The summed E-state index contributed by atoms with van der Waals surface area (Å²) in [6, 6.07) is 6.99. The average molecular weight is 376 g/mol. The summed E-state index contributed by atoms with van der Waals surface area (Å²) >= 11 is 1.82. The highest BCUT2D eigenvalue weighted by molar-refractivity contribution is 7.15. The number of thiazole rings is 1. The fourth-order valence-electron chi connectivity index (χ4n) is 3.79. The molecule has 0 aliphatic carbocycles. The standard InChI is InChI=1S/C20H26FN3OS/c21-18-3-1-16(2-4-18)13-17-5-7-23(8-6-17)15-19-14-22-20(26-19)24-9-11-25-12-10-24/h1-4,14,17H,5-13,15H2. The Labute approximate surface area is 158 Å². The van der Waals surface area contributed by atoms with E-state index in [1.165, 1.54) is 23.3 Å². The lowest BCUT2D eigenvalue weighted by Gasteiger charge is -2.31. The van der Waals surface area contributed by atoms with Gasteiger partial charge in [-0.2, -0.15) is 0 Å². The van der Waals surface area contributed by atoms with Gasteiger partial charge in [-0.25, -0.2) is 9.37 Å². The zero-order valence-electron chi connectivity index (χ0n) is 15.1. The van der Waals surface area contributed by atoms with E-state index in [0.29, 0.717) is 5.92 Å². The van der Waals surface area contributed by atoms with Crippen molar-refractivity contribution in [2.75, 3.05) is 44.3 Å². The molecule has 0 amide bonds. The molecule has 2 aromatic rings. The molecule has 140 valence electrons. The summed E-state index contributed by atoms with van der Waals surface area (Å²) in [6.45, 7) is 6.77. The first-order valence-corrected chi connectivity index (χ1v) is 10.3. The Bertz CT molecular complexity index is 691. The molecule has 0 spiro atoms. The molecule has 0 unspecified atom stereocenters. The minimum Gasteiger partial charge on any atom is -0.378 e. The summed E-state index contributed by atoms with van der Waals surface area (Å²) in [5.74, 6) is 0.562. The average Bonchev–Trinajstić information content (AvgIpc) is 3.14. The van der Waals surface area contributed by atoms with E-state index in [9.17, 15) is 4.39 Å². The van der Waals surface area contributed by atoms with Gasteiger partial charge < -0.3 is 9.64 Å². The molecule has 1 aromatic carbocycles. The summed E-state index contributed by atoms with van der Waals surface area (Å²) in [4.78, 5) is 10.8. The van der Waals surface area contributed by atoms with E-state index < -0.39 is 0 Å². The lowest BCUT2D eigenvalue weighted by Crippen LogP contribution is -2.36. The van der Waals surface area contributed by atoms with Crippen LogP contribution in [0.1, 0.15) is 23.3 Å². The molecule has 0 saturated carbocycles. The van der Waals surface area contributed by atoms with Crippen LogP contribution in [-0.2, 0) is 17.7 Å². The van der Waals surface area contributed by atoms with Gasteiger partial charge in [-0.05, 0) is 56.0 Å². The van der Waals surface area contributed by atoms with Crippen LogP contribution in [0.2, 0.25) is 0 Å². The number of rotatable bonds is 5. The van der Waals surface area contributed by atoms with Gasteiger partial charge in [0, 0.05) is 30.7 Å².